The van der Waals surface area contributed by atoms with Gasteiger partial charge in [0.2, 0.25) is 0 Å². The molecule has 56 valence electrons. The molecule has 0 saturated carbocycles. The summed E-state index contributed by atoms with van der Waals surface area (Å²) in [6.07, 6.45) is 1.04. The van der Waals surface area contributed by atoms with Crippen molar-refractivity contribution in [2.24, 2.45) is 0 Å². The number of hydrogen-bond acceptors (Lipinski definition) is 2. The highest BCUT2D eigenvalue weighted by Gasteiger charge is 1.97. The van der Waals surface area contributed by atoms with Crippen molar-refractivity contribution in [1.29, 1.82) is 0 Å². The fourth-order valence-electron chi connectivity index (χ4n) is 0.567. The van der Waals surface area contributed by atoms with E-state index in [0.717, 1.165) is 12.0 Å². The van der Waals surface area contributed by atoms with Gasteiger partial charge in [-0.1, -0.05) is 13.5 Å². The molecule has 0 aliphatic carbocycles. The van der Waals surface area contributed by atoms with Gasteiger partial charge in [0.15, 0.2) is 0 Å². The number of thioether (sulfide) groups is 1. The van der Waals surface area contributed by atoms with E-state index in [1.54, 1.807) is 0 Å². The summed E-state index contributed by atoms with van der Waals surface area (Å²) in [6, 6.07) is 0. The molecule has 0 aromatic carbocycles. The Morgan fingerprint density at radius 3 is 2.78 bits per heavy atom. The molecule has 3 heteroatoms. The van der Waals surface area contributed by atoms with Gasteiger partial charge in [-0.15, -0.1) is 11.8 Å². The van der Waals surface area contributed by atoms with Gasteiger partial charge in [-0.2, -0.15) is 0 Å². The molecule has 0 rings (SSSR count). The first-order valence-corrected chi connectivity index (χ1v) is 7.00. The zero-order valence-electron chi connectivity index (χ0n) is 6.52. The van der Waals surface area contributed by atoms with Crippen molar-refractivity contribution in [3.05, 3.63) is 0 Å². The topological polar surface area (TPSA) is 9.23 Å². The second kappa shape index (κ2) is 6.64. The second-order valence-corrected chi connectivity index (χ2v) is 4.88. The molecule has 0 aliphatic rings. The molecule has 0 aliphatic heterocycles. The minimum atomic E-state index is 0.119. The summed E-state index contributed by atoms with van der Waals surface area (Å²) in [5, 5.41) is 0. The predicted molar refractivity (Wildman–Crippen MR) is 48.0 cm³/mol. The van der Waals surface area contributed by atoms with Crippen LogP contribution in [0.2, 0.25) is 6.55 Å². The van der Waals surface area contributed by atoms with Crippen LogP contribution in [-0.4, -0.2) is 26.9 Å². The molecule has 0 saturated heterocycles. The Hall–Kier alpha value is 0.527. The van der Waals surface area contributed by atoms with Gasteiger partial charge >= 0.3 is 0 Å². The third kappa shape index (κ3) is 6.41. The van der Waals surface area contributed by atoms with Gasteiger partial charge in [0.05, 0.1) is 5.44 Å². The Kier molecular flexibility index (Phi) is 7.03. The highest BCUT2D eigenvalue weighted by atomic mass is 32.2. The van der Waals surface area contributed by atoms with E-state index in [0.29, 0.717) is 5.44 Å². The van der Waals surface area contributed by atoms with E-state index in [9.17, 15) is 0 Å². The van der Waals surface area contributed by atoms with Gasteiger partial charge in [-0.25, -0.2) is 0 Å². The van der Waals surface area contributed by atoms with E-state index in [1.807, 2.05) is 11.8 Å². The average molecular weight is 164 g/mol. The fraction of sp³-hybridized carbons (Fsp3) is 1.00. The lowest BCUT2D eigenvalue weighted by Crippen LogP contribution is -2.08. The van der Waals surface area contributed by atoms with Crippen LogP contribution < -0.4 is 0 Å². The van der Waals surface area contributed by atoms with Crippen molar-refractivity contribution in [2.75, 3.05) is 12.0 Å². The Balaban J connectivity index is 2.95. The monoisotopic (exact) mass is 164 g/mol. The third-order valence-corrected chi connectivity index (χ3v) is 2.54. The smallest absolute Gasteiger partial charge is 0.0994 e. The summed E-state index contributed by atoms with van der Waals surface area (Å²) < 4.78 is 5.46. The van der Waals surface area contributed by atoms with Crippen LogP contribution in [0.25, 0.3) is 0 Å². The summed E-state index contributed by atoms with van der Waals surface area (Å²) in [7, 11) is 0.119. The molecule has 0 heterocycles. The Bertz CT molecular complexity index is 61.0. The summed E-state index contributed by atoms with van der Waals surface area (Å²) in [6.45, 7) is 6.55. The highest BCUT2D eigenvalue weighted by Crippen LogP contribution is 2.09. The molecular weight excluding hydrogens is 148 g/mol. The maximum absolute atomic E-state index is 5.46. The first-order valence-electron chi connectivity index (χ1n) is 3.54. The van der Waals surface area contributed by atoms with Crippen LogP contribution in [0.1, 0.15) is 13.8 Å². The lowest BCUT2D eigenvalue weighted by Gasteiger charge is -2.09. The molecule has 1 unspecified atom stereocenters. The number of ether oxygens (including phenoxy) is 1. The molecule has 0 aromatic rings. The van der Waals surface area contributed by atoms with Gasteiger partial charge in [0.1, 0.15) is 0 Å². The van der Waals surface area contributed by atoms with E-state index < -0.39 is 0 Å². The van der Waals surface area contributed by atoms with Gasteiger partial charge in [0.25, 0.3) is 0 Å². The molecule has 9 heavy (non-hydrogen) atoms. The highest BCUT2D eigenvalue weighted by molar-refractivity contribution is 7.99. The van der Waals surface area contributed by atoms with Crippen molar-refractivity contribution in [3.8, 4) is 0 Å². The zero-order valence-corrected chi connectivity index (χ0v) is 8.75. The van der Waals surface area contributed by atoms with Crippen LogP contribution in [0, 0.1) is 0 Å². The third-order valence-electron chi connectivity index (χ3n) is 0.958. The van der Waals surface area contributed by atoms with Crippen LogP contribution in [-0.2, 0) is 4.74 Å². The fourth-order valence-corrected chi connectivity index (χ4v) is 1.99. The van der Waals surface area contributed by atoms with Crippen LogP contribution in [0.15, 0.2) is 0 Å². The van der Waals surface area contributed by atoms with E-state index in [4.69, 9.17) is 4.74 Å². The van der Waals surface area contributed by atoms with Crippen molar-refractivity contribution in [1.82, 2.24) is 0 Å². The zero-order chi connectivity index (χ0) is 7.11. The molecule has 0 radical (unpaired) electrons. The molecule has 1 nitrogen and oxygen atoms in total. The Morgan fingerprint density at radius 2 is 2.33 bits per heavy atom. The average Bonchev–Trinajstić information content (AvgIpc) is 1.85. The number of rotatable bonds is 5. The SMILES string of the molecule is CCSC(C)OC[SiH2]C. The predicted octanol–water partition coefficient (Wildman–Crippen LogP) is 1.28. The first-order chi connectivity index (χ1) is 4.31. The van der Waals surface area contributed by atoms with Crippen LogP contribution in [0.5, 0.6) is 0 Å². The minimum Gasteiger partial charge on any atom is -0.372 e. The van der Waals surface area contributed by atoms with E-state index in [2.05, 4.69) is 20.4 Å². The van der Waals surface area contributed by atoms with E-state index in [-0.39, 0.29) is 9.52 Å². The summed E-state index contributed by atoms with van der Waals surface area (Å²) in [4.78, 5) is 0. The van der Waals surface area contributed by atoms with Crippen molar-refractivity contribution in [3.63, 3.8) is 0 Å². The molecule has 1 atom stereocenters. The number of hydrogen-bond donors (Lipinski definition) is 0. The Labute approximate surface area is 64.4 Å². The Morgan fingerprint density at radius 1 is 1.67 bits per heavy atom. The van der Waals surface area contributed by atoms with Crippen molar-refractivity contribution < 1.29 is 4.74 Å². The summed E-state index contributed by atoms with van der Waals surface area (Å²) in [5.41, 5.74) is 0.419. The van der Waals surface area contributed by atoms with Crippen LogP contribution in [0.4, 0.5) is 0 Å². The summed E-state index contributed by atoms with van der Waals surface area (Å²) in [5.74, 6) is 1.16. The van der Waals surface area contributed by atoms with Crippen LogP contribution >= 0.6 is 11.8 Å². The largest absolute Gasteiger partial charge is 0.372 e. The molecule has 0 spiro atoms. The maximum Gasteiger partial charge on any atom is 0.0994 e. The van der Waals surface area contributed by atoms with Crippen molar-refractivity contribution >= 4 is 21.3 Å². The van der Waals surface area contributed by atoms with E-state index in [1.165, 1.54) is 0 Å². The van der Waals surface area contributed by atoms with E-state index >= 15 is 0 Å². The standard InChI is InChI=1S/C6H16OSSi/c1-4-8-6(2)7-5-9-3/h6H,4-5,9H2,1-3H3. The van der Waals surface area contributed by atoms with Gasteiger partial charge < -0.3 is 4.74 Å². The maximum atomic E-state index is 5.46. The lowest BCUT2D eigenvalue weighted by atomic mass is 10.9. The van der Waals surface area contributed by atoms with Gasteiger partial charge in [0, 0.05) is 15.7 Å². The van der Waals surface area contributed by atoms with Gasteiger partial charge in [-0.3, -0.25) is 0 Å². The molecule has 0 fully saturated rings. The minimum absolute atomic E-state index is 0.119. The second-order valence-electron chi connectivity index (χ2n) is 1.89. The quantitative estimate of drug-likeness (QED) is 0.447. The van der Waals surface area contributed by atoms with Gasteiger partial charge in [-0.05, 0) is 12.7 Å². The molecule has 0 N–H and O–H groups in total. The lowest BCUT2D eigenvalue weighted by molar-refractivity contribution is 0.166. The molecule has 0 amide bonds. The molecule has 0 bridgehead atoms. The van der Waals surface area contributed by atoms with Crippen molar-refractivity contribution in [2.45, 2.75) is 25.8 Å². The molecular formula is C6H16OSSi. The normalized spacial score (nSPS) is 15.0. The summed E-state index contributed by atoms with van der Waals surface area (Å²) >= 11 is 1.87. The molecule has 0 aromatic heterocycles. The van der Waals surface area contributed by atoms with Crippen LogP contribution in [0.3, 0.4) is 0 Å². The first kappa shape index (κ1) is 9.53.